The molecule has 0 atom stereocenters. The Hall–Kier alpha value is -0.840. The highest BCUT2D eigenvalue weighted by Gasteiger charge is 2.12. The molecule has 102 valence electrons. The number of rotatable bonds is 4. The third-order valence-electron chi connectivity index (χ3n) is 3.26. The van der Waals surface area contributed by atoms with Gasteiger partial charge >= 0.3 is 0 Å². The van der Waals surface area contributed by atoms with Gasteiger partial charge in [-0.25, -0.2) is 0 Å². The van der Waals surface area contributed by atoms with Crippen LogP contribution in [0.3, 0.4) is 0 Å². The van der Waals surface area contributed by atoms with E-state index in [2.05, 4.69) is 28.0 Å². The van der Waals surface area contributed by atoms with Gasteiger partial charge in [0.25, 0.3) is 0 Å². The molecule has 2 rings (SSSR count). The normalized spacial score (nSPS) is 11.0. The van der Waals surface area contributed by atoms with Gasteiger partial charge in [0.15, 0.2) is 0 Å². The second-order valence-electron chi connectivity index (χ2n) is 4.58. The summed E-state index contributed by atoms with van der Waals surface area (Å²) in [5, 5.41) is 5.33. The number of nitrogens with zero attached hydrogens (tertiary/aromatic N) is 2. The molecule has 0 saturated carbocycles. The summed E-state index contributed by atoms with van der Waals surface area (Å²) >= 11 is 9.66. The van der Waals surface area contributed by atoms with Crippen LogP contribution in [0, 0.1) is 13.8 Å². The van der Waals surface area contributed by atoms with E-state index < -0.39 is 0 Å². The number of aryl methyl sites for hydroxylation is 1. The molecular formula is C14H17BrClN3. The Labute approximate surface area is 126 Å². The number of benzene rings is 1. The maximum Gasteiger partial charge on any atom is 0.0677 e. The molecule has 0 aliphatic carbocycles. The molecule has 3 nitrogen and oxygen atoms in total. The third-order valence-corrected chi connectivity index (χ3v) is 4.11. The molecule has 0 bridgehead atoms. The predicted molar refractivity (Wildman–Crippen MR) is 82.7 cm³/mol. The minimum atomic E-state index is 0.645. The highest BCUT2D eigenvalue weighted by Crippen LogP contribution is 2.23. The predicted octanol–water partition coefficient (Wildman–Crippen LogP) is 3.47. The van der Waals surface area contributed by atoms with Gasteiger partial charge in [-0.3, -0.25) is 4.68 Å². The van der Waals surface area contributed by atoms with Crippen molar-refractivity contribution in [3.63, 3.8) is 0 Å². The molecule has 1 aromatic carbocycles. The number of hydrogen-bond acceptors (Lipinski definition) is 2. The summed E-state index contributed by atoms with van der Waals surface area (Å²) in [4.78, 5) is 0. The van der Waals surface area contributed by atoms with E-state index in [1.54, 1.807) is 0 Å². The highest BCUT2D eigenvalue weighted by molar-refractivity contribution is 9.10. The Bertz CT molecular complexity index is 593. The zero-order chi connectivity index (χ0) is 14.0. The first-order valence-corrected chi connectivity index (χ1v) is 7.37. The van der Waals surface area contributed by atoms with Gasteiger partial charge in [-0.1, -0.05) is 33.6 Å². The second kappa shape index (κ2) is 6.07. The standard InChI is InChI=1S/C14H17BrClN3/c1-9-13(5-6-17)10(2)19(18-9)8-11-3-4-12(15)7-14(11)16/h3-4,7H,5-6,8,17H2,1-2H3. The van der Waals surface area contributed by atoms with E-state index >= 15 is 0 Å². The SMILES string of the molecule is Cc1nn(Cc2ccc(Br)cc2Cl)c(C)c1CCN. The Morgan fingerprint density at radius 1 is 1.37 bits per heavy atom. The van der Waals surface area contributed by atoms with E-state index in [0.29, 0.717) is 13.1 Å². The van der Waals surface area contributed by atoms with Crippen molar-refractivity contribution in [1.82, 2.24) is 9.78 Å². The Morgan fingerprint density at radius 3 is 2.74 bits per heavy atom. The van der Waals surface area contributed by atoms with Crippen LogP contribution in [0.1, 0.15) is 22.5 Å². The first kappa shape index (κ1) is 14.6. The molecule has 5 heteroatoms. The van der Waals surface area contributed by atoms with E-state index in [1.165, 1.54) is 11.3 Å². The van der Waals surface area contributed by atoms with Crippen LogP contribution in [0.5, 0.6) is 0 Å². The fourth-order valence-corrected chi connectivity index (χ4v) is 2.94. The quantitative estimate of drug-likeness (QED) is 0.924. The summed E-state index contributed by atoms with van der Waals surface area (Å²) in [5.74, 6) is 0. The topological polar surface area (TPSA) is 43.8 Å². The molecule has 0 aliphatic rings. The van der Waals surface area contributed by atoms with Gasteiger partial charge in [-0.05, 0) is 50.1 Å². The third kappa shape index (κ3) is 3.19. The number of halogens is 2. The van der Waals surface area contributed by atoms with Gasteiger partial charge in [0.2, 0.25) is 0 Å². The van der Waals surface area contributed by atoms with E-state index in [4.69, 9.17) is 17.3 Å². The molecular weight excluding hydrogens is 326 g/mol. The Kier molecular flexibility index (Phi) is 4.66. The molecule has 1 aromatic heterocycles. The lowest BCUT2D eigenvalue weighted by molar-refractivity contribution is 0.658. The molecule has 2 N–H and O–H groups in total. The molecule has 0 spiro atoms. The fourth-order valence-electron chi connectivity index (χ4n) is 2.21. The largest absolute Gasteiger partial charge is 0.330 e. The Morgan fingerprint density at radius 2 is 2.11 bits per heavy atom. The zero-order valence-corrected chi connectivity index (χ0v) is 13.4. The van der Waals surface area contributed by atoms with Crippen molar-refractivity contribution >= 4 is 27.5 Å². The van der Waals surface area contributed by atoms with Crippen molar-refractivity contribution in [2.24, 2.45) is 5.73 Å². The minimum Gasteiger partial charge on any atom is -0.330 e. The van der Waals surface area contributed by atoms with Crippen molar-refractivity contribution in [2.75, 3.05) is 6.54 Å². The van der Waals surface area contributed by atoms with Gasteiger partial charge < -0.3 is 5.73 Å². The lowest BCUT2D eigenvalue weighted by atomic mass is 10.1. The molecule has 1 heterocycles. The fraction of sp³-hybridized carbons (Fsp3) is 0.357. The molecule has 0 aliphatic heterocycles. The molecule has 0 radical (unpaired) electrons. The molecule has 19 heavy (non-hydrogen) atoms. The first-order valence-electron chi connectivity index (χ1n) is 6.19. The smallest absolute Gasteiger partial charge is 0.0677 e. The van der Waals surface area contributed by atoms with Crippen LogP contribution in [-0.2, 0) is 13.0 Å². The van der Waals surface area contributed by atoms with Gasteiger partial charge in [0.1, 0.15) is 0 Å². The zero-order valence-electron chi connectivity index (χ0n) is 11.1. The van der Waals surface area contributed by atoms with Crippen LogP contribution in [0.2, 0.25) is 5.02 Å². The summed E-state index contributed by atoms with van der Waals surface area (Å²) in [6.07, 6.45) is 0.867. The van der Waals surface area contributed by atoms with Crippen molar-refractivity contribution in [2.45, 2.75) is 26.8 Å². The van der Waals surface area contributed by atoms with Gasteiger partial charge in [-0.2, -0.15) is 5.10 Å². The van der Waals surface area contributed by atoms with Crippen LogP contribution >= 0.6 is 27.5 Å². The van der Waals surface area contributed by atoms with Crippen LogP contribution in [-0.4, -0.2) is 16.3 Å². The van der Waals surface area contributed by atoms with Crippen molar-refractivity contribution in [1.29, 1.82) is 0 Å². The molecule has 0 unspecified atom stereocenters. The summed E-state index contributed by atoms with van der Waals surface area (Å²) in [6.45, 7) is 5.44. The van der Waals surface area contributed by atoms with Crippen molar-refractivity contribution in [3.05, 3.63) is 50.2 Å². The summed E-state index contributed by atoms with van der Waals surface area (Å²) in [7, 11) is 0. The molecule has 0 amide bonds. The monoisotopic (exact) mass is 341 g/mol. The number of hydrogen-bond donors (Lipinski definition) is 1. The summed E-state index contributed by atoms with van der Waals surface area (Å²) in [5.41, 5.74) is 10.2. The van der Waals surface area contributed by atoms with Crippen LogP contribution < -0.4 is 5.73 Å². The maximum absolute atomic E-state index is 6.25. The van der Waals surface area contributed by atoms with E-state index in [-0.39, 0.29) is 0 Å². The average Bonchev–Trinajstić information content (AvgIpc) is 2.61. The lowest BCUT2D eigenvalue weighted by Gasteiger charge is -2.08. The van der Waals surface area contributed by atoms with Crippen LogP contribution in [0.25, 0.3) is 0 Å². The lowest BCUT2D eigenvalue weighted by Crippen LogP contribution is -2.07. The van der Waals surface area contributed by atoms with E-state index in [9.17, 15) is 0 Å². The van der Waals surface area contributed by atoms with Crippen LogP contribution in [0.4, 0.5) is 0 Å². The van der Waals surface area contributed by atoms with Gasteiger partial charge in [0.05, 0.1) is 12.2 Å². The number of nitrogens with two attached hydrogens (primary N) is 1. The van der Waals surface area contributed by atoms with E-state index in [1.807, 2.05) is 29.8 Å². The minimum absolute atomic E-state index is 0.645. The summed E-state index contributed by atoms with van der Waals surface area (Å²) in [6, 6.07) is 5.92. The maximum atomic E-state index is 6.25. The van der Waals surface area contributed by atoms with Crippen molar-refractivity contribution in [3.8, 4) is 0 Å². The number of aromatic nitrogens is 2. The highest BCUT2D eigenvalue weighted by atomic mass is 79.9. The van der Waals surface area contributed by atoms with Gasteiger partial charge in [-0.15, -0.1) is 0 Å². The molecule has 0 fully saturated rings. The van der Waals surface area contributed by atoms with E-state index in [0.717, 1.165) is 27.2 Å². The summed E-state index contributed by atoms with van der Waals surface area (Å²) < 4.78 is 2.98. The Balaban J connectivity index is 2.31. The molecule has 2 aromatic rings. The second-order valence-corrected chi connectivity index (χ2v) is 5.90. The molecule has 0 saturated heterocycles. The van der Waals surface area contributed by atoms with Gasteiger partial charge in [0, 0.05) is 15.2 Å². The average molecular weight is 343 g/mol. The van der Waals surface area contributed by atoms with Crippen LogP contribution in [0.15, 0.2) is 22.7 Å². The van der Waals surface area contributed by atoms with Crippen molar-refractivity contribution < 1.29 is 0 Å². The first-order chi connectivity index (χ1) is 9.02.